The molecule has 0 heterocycles. The number of fused-ring (bicyclic) bond motifs is 3. The lowest BCUT2D eigenvalue weighted by Crippen LogP contribution is -2.01. The molecule has 0 bridgehead atoms. The maximum absolute atomic E-state index is 3.97. The second-order valence-electron chi connectivity index (χ2n) is 8.59. The van der Waals surface area contributed by atoms with Crippen LogP contribution in [0.3, 0.4) is 0 Å². The van der Waals surface area contributed by atoms with Gasteiger partial charge in [0.1, 0.15) is 0 Å². The van der Waals surface area contributed by atoms with Gasteiger partial charge in [0.2, 0.25) is 0 Å². The lowest BCUT2D eigenvalue weighted by Gasteiger charge is -2.13. The van der Waals surface area contributed by atoms with Crippen LogP contribution in [0.1, 0.15) is 70.3 Å². The van der Waals surface area contributed by atoms with Crippen molar-refractivity contribution in [3.05, 3.63) is 60.2 Å². The molecule has 0 N–H and O–H groups in total. The highest BCUT2D eigenvalue weighted by Crippen LogP contribution is 2.48. The van der Waals surface area contributed by atoms with Gasteiger partial charge in [0.05, 0.1) is 0 Å². The van der Waals surface area contributed by atoms with Crippen LogP contribution in [0.4, 0.5) is 0 Å². The zero-order valence-electron chi connectivity index (χ0n) is 17.7. The molecule has 0 nitrogen and oxygen atoms in total. The van der Waals surface area contributed by atoms with E-state index >= 15 is 0 Å². The molecule has 0 amide bonds. The van der Waals surface area contributed by atoms with Crippen LogP contribution in [0.25, 0.3) is 33.0 Å². The van der Waals surface area contributed by atoms with Crippen molar-refractivity contribution < 1.29 is 0 Å². The van der Waals surface area contributed by atoms with Crippen LogP contribution in [0.15, 0.2) is 54.6 Å². The maximum atomic E-state index is 3.97. The number of rotatable bonds is 11. The van der Waals surface area contributed by atoms with Crippen molar-refractivity contribution in [3.8, 4) is 22.3 Å². The summed E-state index contributed by atoms with van der Waals surface area (Å²) in [7, 11) is 0. The van der Waals surface area contributed by atoms with Crippen LogP contribution >= 0.6 is 15.9 Å². The van der Waals surface area contributed by atoms with Crippen LogP contribution in [0, 0.1) is 0 Å². The Bertz CT molecular complexity index is 956. The summed E-state index contributed by atoms with van der Waals surface area (Å²) in [5, 5.41) is 2.83. The zero-order chi connectivity index (χ0) is 20.1. The van der Waals surface area contributed by atoms with Crippen molar-refractivity contribution in [3.63, 3.8) is 0 Å². The minimum Gasteiger partial charge on any atom is -0.0891 e. The first-order valence-corrected chi connectivity index (χ1v) is 12.5. The summed E-state index contributed by atoms with van der Waals surface area (Å²) in [6.07, 6.45) is 13.4. The Hall–Kier alpha value is -1.60. The SMILES string of the molecule is CCCCCCCCCC(Br)CCc1ccc2cccc3c2c1-c1ccccc1-3. The molecule has 0 fully saturated rings. The van der Waals surface area contributed by atoms with Crippen LogP contribution in [-0.2, 0) is 6.42 Å². The fourth-order valence-corrected chi connectivity index (χ4v) is 5.43. The van der Waals surface area contributed by atoms with Gasteiger partial charge in [-0.3, -0.25) is 0 Å². The summed E-state index contributed by atoms with van der Waals surface area (Å²) < 4.78 is 0. The molecular weight excluding hydrogens is 416 g/mol. The van der Waals surface area contributed by atoms with E-state index in [4.69, 9.17) is 0 Å². The topological polar surface area (TPSA) is 0 Å². The summed E-state index contributed by atoms with van der Waals surface area (Å²) in [5.74, 6) is 0. The van der Waals surface area contributed by atoms with Crippen molar-refractivity contribution in [2.75, 3.05) is 0 Å². The van der Waals surface area contributed by atoms with E-state index in [0.717, 1.165) is 6.42 Å². The molecule has 1 heteroatoms. The summed E-state index contributed by atoms with van der Waals surface area (Å²) in [6.45, 7) is 2.29. The van der Waals surface area contributed by atoms with Gasteiger partial charge in [-0.1, -0.05) is 122 Å². The van der Waals surface area contributed by atoms with Crippen molar-refractivity contribution in [2.45, 2.75) is 76.0 Å². The molecule has 29 heavy (non-hydrogen) atoms. The fraction of sp³-hybridized carbons (Fsp3) is 0.429. The second kappa shape index (κ2) is 9.94. The molecule has 1 aliphatic carbocycles. The van der Waals surface area contributed by atoms with E-state index in [1.165, 1.54) is 96.4 Å². The van der Waals surface area contributed by atoms with Gasteiger partial charge in [-0.15, -0.1) is 0 Å². The lowest BCUT2D eigenvalue weighted by atomic mass is 9.94. The Morgan fingerprint density at radius 3 is 2.24 bits per heavy atom. The smallest absolute Gasteiger partial charge is 0.0149 e. The first-order valence-electron chi connectivity index (χ1n) is 11.6. The highest BCUT2D eigenvalue weighted by molar-refractivity contribution is 9.09. The van der Waals surface area contributed by atoms with Gasteiger partial charge in [0.15, 0.2) is 0 Å². The van der Waals surface area contributed by atoms with E-state index in [2.05, 4.69) is 77.5 Å². The molecule has 3 aromatic carbocycles. The number of aryl methyl sites for hydroxylation is 1. The molecule has 0 saturated heterocycles. The van der Waals surface area contributed by atoms with Crippen LogP contribution in [0.5, 0.6) is 0 Å². The monoisotopic (exact) mass is 448 g/mol. The van der Waals surface area contributed by atoms with Crippen LogP contribution in [-0.4, -0.2) is 4.83 Å². The van der Waals surface area contributed by atoms with Gasteiger partial charge >= 0.3 is 0 Å². The summed E-state index contributed by atoms with van der Waals surface area (Å²) >= 11 is 3.97. The van der Waals surface area contributed by atoms with Crippen molar-refractivity contribution >= 4 is 26.7 Å². The van der Waals surface area contributed by atoms with Crippen LogP contribution in [0.2, 0.25) is 0 Å². The summed E-state index contributed by atoms with van der Waals surface area (Å²) in [5.41, 5.74) is 7.24. The molecule has 1 atom stereocenters. The molecule has 0 spiro atoms. The summed E-state index contributed by atoms with van der Waals surface area (Å²) in [4.78, 5) is 0.632. The molecule has 1 aliphatic rings. The Morgan fingerprint density at radius 1 is 0.690 bits per heavy atom. The van der Waals surface area contributed by atoms with Crippen LogP contribution < -0.4 is 0 Å². The predicted octanol–water partition coefficient (Wildman–Crippen LogP) is 9.32. The highest BCUT2D eigenvalue weighted by atomic mass is 79.9. The lowest BCUT2D eigenvalue weighted by molar-refractivity contribution is 0.564. The van der Waals surface area contributed by atoms with Gasteiger partial charge < -0.3 is 0 Å². The van der Waals surface area contributed by atoms with Gasteiger partial charge in [0.25, 0.3) is 0 Å². The second-order valence-corrected chi connectivity index (χ2v) is 9.89. The first-order chi connectivity index (χ1) is 14.3. The molecule has 0 aromatic heterocycles. The normalized spacial score (nSPS) is 13.0. The molecule has 0 aliphatic heterocycles. The number of unbranched alkanes of at least 4 members (excludes halogenated alkanes) is 6. The Labute approximate surface area is 184 Å². The fourth-order valence-electron chi connectivity index (χ4n) is 4.88. The van der Waals surface area contributed by atoms with Gasteiger partial charge in [-0.05, 0) is 57.9 Å². The molecule has 4 rings (SSSR count). The minimum atomic E-state index is 0.632. The Kier molecular flexibility index (Phi) is 7.08. The van der Waals surface area contributed by atoms with E-state index in [1.54, 1.807) is 0 Å². The predicted molar refractivity (Wildman–Crippen MR) is 132 cm³/mol. The third kappa shape index (κ3) is 4.61. The van der Waals surface area contributed by atoms with E-state index in [1.807, 2.05) is 0 Å². The number of hydrogen-bond donors (Lipinski definition) is 0. The van der Waals surface area contributed by atoms with Crippen molar-refractivity contribution in [1.29, 1.82) is 0 Å². The quantitative estimate of drug-likeness (QED) is 0.158. The van der Waals surface area contributed by atoms with Crippen molar-refractivity contribution in [1.82, 2.24) is 0 Å². The van der Waals surface area contributed by atoms with E-state index in [9.17, 15) is 0 Å². The average Bonchev–Trinajstić information content (AvgIpc) is 3.09. The average molecular weight is 449 g/mol. The minimum absolute atomic E-state index is 0.632. The van der Waals surface area contributed by atoms with Crippen molar-refractivity contribution in [2.24, 2.45) is 0 Å². The Balaban J connectivity index is 1.39. The van der Waals surface area contributed by atoms with Gasteiger partial charge in [0, 0.05) is 4.83 Å². The van der Waals surface area contributed by atoms with Gasteiger partial charge in [-0.2, -0.15) is 0 Å². The third-order valence-electron chi connectivity index (χ3n) is 6.47. The number of benzene rings is 3. The number of hydrogen-bond acceptors (Lipinski definition) is 0. The zero-order valence-corrected chi connectivity index (χ0v) is 19.3. The molecule has 0 saturated carbocycles. The Morgan fingerprint density at radius 2 is 1.41 bits per heavy atom. The maximum Gasteiger partial charge on any atom is 0.0149 e. The number of halogens is 1. The van der Waals surface area contributed by atoms with E-state index in [-0.39, 0.29) is 0 Å². The largest absolute Gasteiger partial charge is 0.0891 e. The van der Waals surface area contributed by atoms with Gasteiger partial charge in [-0.25, -0.2) is 0 Å². The highest BCUT2D eigenvalue weighted by Gasteiger charge is 2.23. The van der Waals surface area contributed by atoms with E-state index in [0.29, 0.717) is 4.83 Å². The van der Waals surface area contributed by atoms with E-state index < -0.39 is 0 Å². The first kappa shape index (κ1) is 20.7. The molecule has 0 radical (unpaired) electrons. The molecular formula is C28H33Br. The molecule has 152 valence electrons. The standard InChI is InChI=1S/C28H33Br/c1-2-3-4-5-6-7-8-13-23(29)20-19-22-18-17-21-12-11-16-26-24-14-9-10-15-25(24)28(22)27(21)26/h9-12,14-18,23H,2-8,13,19-20H2,1H3. The molecule has 1 unspecified atom stereocenters. The summed E-state index contributed by atoms with van der Waals surface area (Å²) in [6, 6.07) is 20.4. The molecule has 3 aromatic rings. The number of alkyl halides is 1. The third-order valence-corrected chi connectivity index (χ3v) is 7.38.